The maximum atomic E-state index is 13.1. The second-order valence-electron chi connectivity index (χ2n) is 2.91. The summed E-state index contributed by atoms with van der Waals surface area (Å²) in [5.41, 5.74) is -1.26. The van der Waals surface area contributed by atoms with Crippen molar-refractivity contribution in [2.24, 2.45) is 7.05 Å². The number of carboxylic acids is 1. The second kappa shape index (κ2) is 3.87. The zero-order valence-electron chi connectivity index (χ0n) is 8.40. The molecule has 0 bridgehead atoms. The molecular weight excluding hydrogens is 226 g/mol. The molecule has 0 fully saturated rings. The van der Waals surface area contributed by atoms with Crippen LogP contribution in [0.5, 0.6) is 0 Å². The summed E-state index contributed by atoms with van der Waals surface area (Å²) in [5.74, 6) is -7.33. The van der Waals surface area contributed by atoms with E-state index in [4.69, 9.17) is 5.11 Å². The van der Waals surface area contributed by atoms with E-state index in [2.05, 4.69) is 9.84 Å². The number of rotatable bonds is 3. The quantitative estimate of drug-likeness (QED) is 0.765. The SMILES string of the molecule is COC(=O)c1cc(C(F)(F)C(=O)O)n(C)n1. The van der Waals surface area contributed by atoms with Gasteiger partial charge in [-0.2, -0.15) is 13.9 Å². The zero-order valence-corrected chi connectivity index (χ0v) is 8.40. The fraction of sp³-hybridized carbons (Fsp3) is 0.375. The minimum atomic E-state index is -4.10. The van der Waals surface area contributed by atoms with Crippen LogP contribution < -0.4 is 0 Å². The van der Waals surface area contributed by atoms with Crippen molar-refractivity contribution >= 4 is 11.9 Å². The van der Waals surface area contributed by atoms with E-state index in [-0.39, 0.29) is 5.69 Å². The summed E-state index contributed by atoms with van der Waals surface area (Å²) in [5, 5.41) is 11.7. The Balaban J connectivity index is 3.22. The lowest BCUT2D eigenvalue weighted by molar-refractivity contribution is -0.167. The Labute approximate surface area is 88.4 Å². The third kappa shape index (κ3) is 1.86. The maximum absolute atomic E-state index is 13.1. The van der Waals surface area contributed by atoms with E-state index in [0.29, 0.717) is 10.7 Å². The third-order valence-electron chi connectivity index (χ3n) is 1.86. The summed E-state index contributed by atoms with van der Waals surface area (Å²) in [6.07, 6.45) is 0. The molecule has 0 radical (unpaired) electrons. The van der Waals surface area contributed by atoms with E-state index in [1.807, 2.05) is 0 Å². The van der Waals surface area contributed by atoms with Gasteiger partial charge in [-0.1, -0.05) is 0 Å². The number of hydrogen-bond donors (Lipinski definition) is 1. The first-order valence-electron chi connectivity index (χ1n) is 4.04. The number of carbonyl (C=O) groups excluding carboxylic acids is 1. The molecule has 0 saturated heterocycles. The molecule has 0 aliphatic heterocycles. The first-order chi connectivity index (χ1) is 7.30. The van der Waals surface area contributed by atoms with Crippen molar-refractivity contribution < 1.29 is 28.2 Å². The highest BCUT2D eigenvalue weighted by Gasteiger charge is 2.44. The molecule has 16 heavy (non-hydrogen) atoms. The number of ether oxygens (including phenoxy) is 1. The molecule has 0 saturated carbocycles. The lowest BCUT2D eigenvalue weighted by atomic mass is 10.2. The number of aryl methyl sites for hydroxylation is 1. The lowest BCUT2D eigenvalue weighted by Gasteiger charge is -2.10. The number of hydrogen-bond acceptors (Lipinski definition) is 4. The topological polar surface area (TPSA) is 81.4 Å². The largest absolute Gasteiger partial charge is 0.476 e. The number of carboxylic acid groups (broad SMARTS) is 1. The molecule has 88 valence electrons. The zero-order chi connectivity index (χ0) is 12.5. The van der Waals surface area contributed by atoms with Gasteiger partial charge in [0, 0.05) is 13.1 Å². The first-order valence-corrected chi connectivity index (χ1v) is 4.04. The normalized spacial score (nSPS) is 11.2. The van der Waals surface area contributed by atoms with Crippen molar-refractivity contribution in [3.8, 4) is 0 Å². The van der Waals surface area contributed by atoms with Crippen LogP contribution in [-0.2, 0) is 22.5 Å². The average Bonchev–Trinajstić information content (AvgIpc) is 2.59. The summed E-state index contributed by atoms with van der Waals surface area (Å²) in [7, 11) is 2.17. The van der Waals surface area contributed by atoms with Gasteiger partial charge in [0.05, 0.1) is 7.11 Å². The van der Waals surface area contributed by atoms with E-state index >= 15 is 0 Å². The van der Waals surface area contributed by atoms with Crippen molar-refractivity contribution in [2.45, 2.75) is 5.92 Å². The number of methoxy groups -OCH3 is 1. The molecule has 0 aliphatic rings. The number of nitrogens with zero attached hydrogens (tertiary/aromatic N) is 2. The van der Waals surface area contributed by atoms with Crippen molar-refractivity contribution in [3.63, 3.8) is 0 Å². The Bertz CT molecular complexity index is 441. The minimum Gasteiger partial charge on any atom is -0.476 e. The third-order valence-corrected chi connectivity index (χ3v) is 1.86. The monoisotopic (exact) mass is 234 g/mol. The van der Waals surface area contributed by atoms with E-state index in [9.17, 15) is 18.4 Å². The van der Waals surface area contributed by atoms with Crippen LogP contribution in [-0.4, -0.2) is 33.9 Å². The average molecular weight is 234 g/mol. The molecule has 1 heterocycles. The molecular formula is C8H8F2N2O4. The number of carbonyl (C=O) groups is 2. The second-order valence-corrected chi connectivity index (χ2v) is 2.91. The van der Waals surface area contributed by atoms with Crippen LogP contribution >= 0.6 is 0 Å². The molecule has 0 atom stereocenters. The highest BCUT2D eigenvalue weighted by molar-refractivity contribution is 5.88. The fourth-order valence-electron chi connectivity index (χ4n) is 1.07. The summed E-state index contributed by atoms with van der Waals surface area (Å²) in [4.78, 5) is 21.3. The molecule has 1 rings (SSSR count). The van der Waals surface area contributed by atoms with Crippen molar-refractivity contribution in [3.05, 3.63) is 17.5 Å². The van der Waals surface area contributed by atoms with Gasteiger partial charge in [0.15, 0.2) is 5.69 Å². The number of halogens is 2. The molecule has 1 aromatic rings. The van der Waals surface area contributed by atoms with Crippen LogP contribution in [0, 0.1) is 0 Å². The number of alkyl halides is 2. The van der Waals surface area contributed by atoms with Crippen molar-refractivity contribution in [1.82, 2.24) is 9.78 Å². The molecule has 1 N–H and O–H groups in total. The number of aliphatic carboxylic acids is 1. The molecule has 0 aromatic carbocycles. The van der Waals surface area contributed by atoms with Gasteiger partial charge in [-0.15, -0.1) is 0 Å². The molecule has 8 heteroatoms. The van der Waals surface area contributed by atoms with Crippen LogP contribution in [0.25, 0.3) is 0 Å². The lowest BCUT2D eigenvalue weighted by Crippen LogP contribution is -2.27. The standard InChI is InChI=1S/C8H8F2N2O4/c1-12-5(8(9,10)7(14)15)3-4(11-12)6(13)16-2/h3H,1-2H3,(H,14,15). The Morgan fingerprint density at radius 1 is 1.56 bits per heavy atom. The first kappa shape index (κ1) is 12.1. The smallest absolute Gasteiger partial charge is 0.383 e. The highest BCUT2D eigenvalue weighted by Crippen LogP contribution is 2.28. The van der Waals surface area contributed by atoms with Gasteiger partial charge in [0.1, 0.15) is 5.69 Å². The molecule has 1 aromatic heterocycles. The van der Waals surface area contributed by atoms with Crippen LogP contribution in [0.2, 0.25) is 0 Å². The maximum Gasteiger partial charge on any atom is 0.383 e. The van der Waals surface area contributed by atoms with Crippen LogP contribution in [0.4, 0.5) is 8.78 Å². The Morgan fingerprint density at radius 2 is 2.12 bits per heavy atom. The summed E-state index contributed by atoms with van der Waals surface area (Å²) >= 11 is 0. The number of esters is 1. The van der Waals surface area contributed by atoms with Crippen molar-refractivity contribution in [2.75, 3.05) is 7.11 Å². The Morgan fingerprint density at radius 3 is 2.56 bits per heavy atom. The molecule has 0 aliphatic carbocycles. The van der Waals surface area contributed by atoms with Crippen molar-refractivity contribution in [1.29, 1.82) is 0 Å². The van der Waals surface area contributed by atoms with Gasteiger partial charge in [-0.05, 0) is 0 Å². The summed E-state index contributed by atoms with van der Waals surface area (Å²) < 4.78 is 31.1. The van der Waals surface area contributed by atoms with Gasteiger partial charge in [-0.25, -0.2) is 9.59 Å². The van der Waals surface area contributed by atoms with Gasteiger partial charge >= 0.3 is 17.9 Å². The van der Waals surface area contributed by atoms with Crippen LogP contribution in [0.15, 0.2) is 6.07 Å². The van der Waals surface area contributed by atoms with Gasteiger partial charge in [0.25, 0.3) is 0 Å². The van der Waals surface area contributed by atoms with Crippen LogP contribution in [0.3, 0.4) is 0 Å². The Hall–Kier alpha value is -1.99. The number of aromatic nitrogens is 2. The highest BCUT2D eigenvalue weighted by atomic mass is 19.3. The van der Waals surface area contributed by atoms with Crippen LogP contribution in [0.1, 0.15) is 16.2 Å². The van der Waals surface area contributed by atoms with Gasteiger partial charge < -0.3 is 9.84 Å². The fourth-order valence-corrected chi connectivity index (χ4v) is 1.07. The van der Waals surface area contributed by atoms with E-state index in [1.165, 1.54) is 0 Å². The molecule has 6 nitrogen and oxygen atoms in total. The summed E-state index contributed by atoms with van der Waals surface area (Å²) in [6.45, 7) is 0. The predicted octanol–water partition coefficient (Wildman–Crippen LogP) is 0.383. The van der Waals surface area contributed by atoms with E-state index < -0.39 is 23.6 Å². The van der Waals surface area contributed by atoms with Gasteiger partial charge in [0.2, 0.25) is 0 Å². The molecule has 0 unspecified atom stereocenters. The Kier molecular flexibility index (Phi) is 2.92. The summed E-state index contributed by atoms with van der Waals surface area (Å²) in [6, 6.07) is 0.681. The van der Waals surface area contributed by atoms with E-state index in [1.54, 1.807) is 0 Å². The molecule has 0 amide bonds. The minimum absolute atomic E-state index is 0.374. The predicted molar refractivity (Wildman–Crippen MR) is 46.1 cm³/mol. The molecule has 0 spiro atoms. The van der Waals surface area contributed by atoms with Gasteiger partial charge in [-0.3, -0.25) is 4.68 Å². The van der Waals surface area contributed by atoms with E-state index in [0.717, 1.165) is 14.2 Å².